The van der Waals surface area contributed by atoms with Crippen molar-refractivity contribution in [3.63, 3.8) is 0 Å². The number of likely N-dealkylation sites (tertiary alicyclic amines) is 1. The van der Waals surface area contributed by atoms with Crippen molar-refractivity contribution in [1.82, 2.24) is 20.5 Å². The maximum atomic E-state index is 14.1. The van der Waals surface area contributed by atoms with Gasteiger partial charge in [-0.2, -0.15) is 0 Å². The third-order valence-corrected chi connectivity index (χ3v) is 8.57. The lowest BCUT2D eigenvalue weighted by molar-refractivity contribution is -0.150. The summed E-state index contributed by atoms with van der Waals surface area (Å²) in [5.41, 5.74) is 8.61. The topological polar surface area (TPSA) is 144 Å². The summed E-state index contributed by atoms with van der Waals surface area (Å²) >= 11 is 1.58. The first-order valence-electron chi connectivity index (χ1n) is 15.1. The van der Waals surface area contributed by atoms with Crippen molar-refractivity contribution in [3.8, 4) is 10.4 Å². The van der Waals surface area contributed by atoms with Crippen molar-refractivity contribution in [3.05, 3.63) is 41.0 Å². The monoisotopic (exact) mass is 627 g/mol. The Labute approximate surface area is 265 Å². The zero-order chi connectivity index (χ0) is 33.2. The predicted octanol–water partition coefficient (Wildman–Crippen LogP) is 4.51. The van der Waals surface area contributed by atoms with E-state index in [4.69, 9.17) is 10.5 Å². The Kier molecular flexibility index (Phi) is 10.7. The van der Waals surface area contributed by atoms with Crippen molar-refractivity contribution in [2.24, 2.45) is 16.6 Å². The van der Waals surface area contributed by atoms with Crippen LogP contribution in [-0.2, 0) is 23.9 Å². The van der Waals surface area contributed by atoms with Gasteiger partial charge in [0.25, 0.3) is 0 Å². The van der Waals surface area contributed by atoms with E-state index >= 15 is 0 Å². The van der Waals surface area contributed by atoms with Gasteiger partial charge in [0.2, 0.25) is 17.7 Å². The molecule has 1 fully saturated rings. The van der Waals surface area contributed by atoms with Gasteiger partial charge in [0.1, 0.15) is 18.2 Å². The van der Waals surface area contributed by atoms with Crippen LogP contribution in [0, 0.1) is 17.8 Å². The van der Waals surface area contributed by atoms with E-state index in [1.807, 2.05) is 64.4 Å². The SMILES string of the molecule is Cc1ncsc1-c1ccc(C(C)NC(=O)C2CC(OC(=O)CC(C)(C)N)CN2C(=O)C(NC(=O)C(C)(C)C)C(C)(C)C)cc1. The lowest BCUT2D eigenvalue weighted by Crippen LogP contribution is -2.59. The molecule has 0 radical (unpaired) electrons. The second kappa shape index (κ2) is 13.4. The third kappa shape index (κ3) is 9.11. The van der Waals surface area contributed by atoms with Gasteiger partial charge in [0.15, 0.2) is 0 Å². The third-order valence-electron chi connectivity index (χ3n) is 7.59. The van der Waals surface area contributed by atoms with E-state index in [1.54, 1.807) is 46.0 Å². The van der Waals surface area contributed by atoms with Crippen LogP contribution >= 0.6 is 11.3 Å². The molecular formula is C33H49N5O5S. The van der Waals surface area contributed by atoms with Crippen LogP contribution in [0.5, 0.6) is 0 Å². The van der Waals surface area contributed by atoms with E-state index in [2.05, 4.69) is 15.6 Å². The largest absolute Gasteiger partial charge is 0.460 e. The van der Waals surface area contributed by atoms with Gasteiger partial charge in [-0.05, 0) is 44.2 Å². The number of aromatic nitrogens is 1. The summed E-state index contributed by atoms with van der Waals surface area (Å²) in [4.78, 5) is 60.4. The van der Waals surface area contributed by atoms with Crippen molar-refractivity contribution < 1.29 is 23.9 Å². The molecule has 0 spiro atoms. The highest BCUT2D eigenvalue weighted by atomic mass is 32.1. The molecule has 11 heteroatoms. The van der Waals surface area contributed by atoms with Crippen molar-refractivity contribution >= 4 is 35.0 Å². The van der Waals surface area contributed by atoms with Crippen LogP contribution in [0.2, 0.25) is 0 Å². The van der Waals surface area contributed by atoms with Gasteiger partial charge in [-0.3, -0.25) is 19.2 Å². The summed E-state index contributed by atoms with van der Waals surface area (Å²) in [6.07, 6.45) is -0.565. The summed E-state index contributed by atoms with van der Waals surface area (Å²) in [7, 11) is 0. The van der Waals surface area contributed by atoms with E-state index in [0.717, 1.165) is 21.7 Å². The zero-order valence-electron chi connectivity index (χ0n) is 27.7. The van der Waals surface area contributed by atoms with E-state index in [0.29, 0.717) is 0 Å². The van der Waals surface area contributed by atoms with Crippen LogP contribution in [0.1, 0.15) is 92.5 Å². The second-order valence-electron chi connectivity index (χ2n) is 14.7. The van der Waals surface area contributed by atoms with Crippen LogP contribution in [-0.4, -0.2) is 63.8 Å². The Balaban J connectivity index is 1.84. The first-order chi connectivity index (χ1) is 20.2. The molecule has 2 aromatic rings. The average Bonchev–Trinajstić information content (AvgIpc) is 3.50. The number of carbonyl (C=O) groups is 4. The standard InChI is InChI=1S/C33H49N5O5S/c1-19(21-11-13-22(14-12-21)26-20(2)35-18-44-26)36-28(40)24-15-23(43-25(39)16-33(9,10)34)17-38(24)29(41)27(31(3,4)5)37-30(42)32(6,7)8/h11-14,18-19,23-24,27H,15-17,34H2,1-10H3,(H,36,40)(H,37,42). The lowest BCUT2D eigenvalue weighted by atomic mass is 9.84. The molecule has 0 saturated carbocycles. The fourth-order valence-electron chi connectivity index (χ4n) is 5.03. The number of hydrogen-bond donors (Lipinski definition) is 3. The summed E-state index contributed by atoms with van der Waals surface area (Å²) in [6.45, 7) is 18.3. The van der Waals surface area contributed by atoms with Crippen molar-refractivity contribution in [2.45, 2.75) is 112 Å². The molecule has 1 aromatic carbocycles. The molecule has 1 saturated heterocycles. The molecule has 2 heterocycles. The van der Waals surface area contributed by atoms with Gasteiger partial charge in [-0.15, -0.1) is 11.3 Å². The molecule has 4 N–H and O–H groups in total. The summed E-state index contributed by atoms with van der Waals surface area (Å²) in [5, 5.41) is 5.97. The highest BCUT2D eigenvalue weighted by Gasteiger charge is 2.46. The normalized spacial score (nSPS) is 18.8. The summed E-state index contributed by atoms with van der Waals surface area (Å²) < 4.78 is 5.71. The number of aryl methyl sites for hydroxylation is 1. The summed E-state index contributed by atoms with van der Waals surface area (Å²) in [5.74, 6) is -1.52. The van der Waals surface area contributed by atoms with Crippen LogP contribution < -0.4 is 16.4 Å². The Bertz CT molecular complexity index is 1350. The molecule has 242 valence electrons. The van der Waals surface area contributed by atoms with Gasteiger partial charge < -0.3 is 26.0 Å². The number of ether oxygens (including phenoxy) is 1. The number of nitrogens with zero attached hydrogens (tertiary/aromatic N) is 2. The van der Waals surface area contributed by atoms with Gasteiger partial charge in [-0.1, -0.05) is 65.8 Å². The quantitative estimate of drug-likeness (QED) is 0.347. The number of hydrogen-bond acceptors (Lipinski definition) is 8. The number of amides is 3. The van der Waals surface area contributed by atoms with Crippen LogP contribution in [0.3, 0.4) is 0 Å². The minimum absolute atomic E-state index is 0.00530. The average molecular weight is 628 g/mol. The fraction of sp³-hybridized carbons (Fsp3) is 0.606. The fourth-order valence-corrected chi connectivity index (χ4v) is 5.84. The Morgan fingerprint density at radius 1 is 1.05 bits per heavy atom. The molecular weight excluding hydrogens is 578 g/mol. The first-order valence-corrected chi connectivity index (χ1v) is 16.0. The Hall–Kier alpha value is -3.31. The van der Waals surface area contributed by atoms with Gasteiger partial charge in [0.05, 0.1) is 35.1 Å². The van der Waals surface area contributed by atoms with Gasteiger partial charge in [0, 0.05) is 17.4 Å². The minimum atomic E-state index is -0.901. The molecule has 4 atom stereocenters. The molecule has 44 heavy (non-hydrogen) atoms. The number of carbonyl (C=O) groups excluding carboxylic acids is 4. The predicted molar refractivity (Wildman–Crippen MR) is 173 cm³/mol. The molecule has 1 aromatic heterocycles. The smallest absolute Gasteiger partial charge is 0.307 e. The van der Waals surface area contributed by atoms with E-state index < -0.39 is 46.4 Å². The molecule has 4 unspecified atom stereocenters. The molecule has 0 aliphatic carbocycles. The number of nitrogens with two attached hydrogens (primary N) is 1. The highest BCUT2D eigenvalue weighted by Crippen LogP contribution is 2.31. The number of thiazole rings is 1. The maximum Gasteiger partial charge on any atom is 0.307 e. The first kappa shape index (κ1) is 35.2. The highest BCUT2D eigenvalue weighted by molar-refractivity contribution is 7.13. The molecule has 3 rings (SSSR count). The zero-order valence-corrected chi connectivity index (χ0v) is 28.6. The van der Waals surface area contributed by atoms with E-state index in [1.165, 1.54) is 4.90 Å². The number of esters is 1. The Morgan fingerprint density at radius 2 is 1.66 bits per heavy atom. The van der Waals surface area contributed by atoms with E-state index in [9.17, 15) is 19.2 Å². The molecule has 3 amide bonds. The molecule has 10 nitrogen and oxygen atoms in total. The second-order valence-corrected chi connectivity index (χ2v) is 15.5. The van der Waals surface area contributed by atoms with E-state index in [-0.39, 0.29) is 37.2 Å². The molecule has 0 bridgehead atoms. The van der Waals surface area contributed by atoms with Crippen molar-refractivity contribution in [2.75, 3.05) is 6.54 Å². The molecule has 1 aliphatic rings. The van der Waals surface area contributed by atoms with Crippen LogP contribution in [0.15, 0.2) is 29.8 Å². The minimum Gasteiger partial charge on any atom is -0.460 e. The number of rotatable bonds is 9. The molecule has 1 aliphatic heterocycles. The van der Waals surface area contributed by atoms with Crippen molar-refractivity contribution in [1.29, 1.82) is 0 Å². The van der Waals surface area contributed by atoms with Gasteiger partial charge in [-0.25, -0.2) is 4.98 Å². The van der Waals surface area contributed by atoms with Crippen LogP contribution in [0.4, 0.5) is 0 Å². The Morgan fingerprint density at radius 3 is 2.16 bits per heavy atom. The maximum absolute atomic E-state index is 14.1. The number of nitrogens with one attached hydrogen (secondary N) is 2. The lowest BCUT2D eigenvalue weighted by Gasteiger charge is -2.36. The van der Waals surface area contributed by atoms with Gasteiger partial charge >= 0.3 is 5.97 Å². The number of benzene rings is 1. The summed E-state index contributed by atoms with van der Waals surface area (Å²) in [6, 6.07) is 5.79. The van der Waals surface area contributed by atoms with Crippen LogP contribution in [0.25, 0.3) is 10.4 Å².